The van der Waals surface area contributed by atoms with Crippen molar-refractivity contribution in [2.45, 2.75) is 12.5 Å². The second-order valence-electron chi connectivity index (χ2n) is 4.03. The van der Waals surface area contributed by atoms with E-state index in [1.165, 1.54) is 13.2 Å². The first-order chi connectivity index (χ1) is 8.54. The second-order valence-corrected chi connectivity index (χ2v) is 4.03. The van der Waals surface area contributed by atoms with Crippen molar-refractivity contribution in [3.63, 3.8) is 0 Å². The Morgan fingerprint density at radius 1 is 1.44 bits per heavy atom. The zero-order valence-electron chi connectivity index (χ0n) is 9.79. The molecule has 0 saturated heterocycles. The lowest BCUT2D eigenvalue weighted by Gasteiger charge is -2.33. The molecule has 1 aromatic rings. The van der Waals surface area contributed by atoms with Crippen molar-refractivity contribution in [3.05, 3.63) is 29.3 Å². The quantitative estimate of drug-likeness (QED) is 0.731. The lowest BCUT2D eigenvalue weighted by atomic mass is 9.92. The summed E-state index contributed by atoms with van der Waals surface area (Å²) in [6, 6.07) is 3.57. The van der Waals surface area contributed by atoms with Crippen LogP contribution in [0.15, 0.2) is 18.2 Å². The highest BCUT2D eigenvalue weighted by Gasteiger charge is 2.36. The van der Waals surface area contributed by atoms with Crippen LogP contribution < -0.4 is 0 Å². The largest absolute Gasteiger partial charge is 0.508 e. The molecule has 0 saturated carbocycles. The Hall–Kier alpha value is -2.24. The van der Waals surface area contributed by atoms with Crippen molar-refractivity contribution < 1.29 is 24.5 Å². The van der Waals surface area contributed by atoms with E-state index in [0.717, 1.165) is 10.5 Å². The molecule has 1 atom stereocenters. The number of carboxylic acid groups (broad SMARTS) is 1. The third kappa shape index (κ3) is 1.97. The molecule has 96 valence electrons. The van der Waals surface area contributed by atoms with E-state index in [2.05, 4.69) is 4.74 Å². The molecule has 6 heteroatoms. The molecule has 1 aromatic carbocycles. The summed E-state index contributed by atoms with van der Waals surface area (Å²) in [5, 5.41) is 18.5. The summed E-state index contributed by atoms with van der Waals surface area (Å²) in [6.07, 6.45) is -0.701. The molecule has 0 aromatic heterocycles. The fraction of sp³-hybridized carbons (Fsp3) is 0.333. The minimum Gasteiger partial charge on any atom is -0.508 e. The normalized spacial score (nSPS) is 18.1. The second kappa shape index (κ2) is 4.56. The molecule has 1 unspecified atom stereocenters. The third-order valence-corrected chi connectivity index (χ3v) is 3.03. The lowest BCUT2D eigenvalue weighted by Crippen LogP contribution is -2.43. The Bertz CT molecular complexity index is 499. The van der Waals surface area contributed by atoms with Crippen LogP contribution in [-0.4, -0.2) is 40.8 Å². The molecule has 0 radical (unpaired) electrons. The van der Waals surface area contributed by atoms with Gasteiger partial charge >= 0.3 is 12.1 Å². The molecular weight excluding hydrogens is 238 g/mol. The number of methoxy groups -OCH3 is 1. The summed E-state index contributed by atoms with van der Waals surface area (Å²) in [6.45, 7) is 0.200. The highest BCUT2D eigenvalue weighted by Crippen LogP contribution is 2.32. The fourth-order valence-electron chi connectivity index (χ4n) is 2.19. The first kappa shape index (κ1) is 12.2. The Balaban J connectivity index is 2.48. The van der Waals surface area contributed by atoms with Gasteiger partial charge in [0, 0.05) is 6.54 Å². The molecule has 0 fully saturated rings. The number of nitrogens with zero attached hydrogens (tertiary/aromatic N) is 1. The predicted molar refractivity (Wildman–Crippen MR) is 61.3 cm³/mol. The van der Waals surface area contributed by atoms with Crippen LogP contribution in [0.3, 0.4) is 0 Å². The molecule has 2 N–H and O–H groups in total. The molecule has 18 heavy (non-hydrogen) atoms. The van der Waals surface area contributed by atoms with Gasteiger partial charge in [-0.25, -0.2) is 9.59 Å². The van der Waals surface area contributed by atoms with E-state index in [4.69, 9.17) is 5.11 Å². The number of hydrogen-bond acceptors (Lipinski definition) is 4. The number of aromatic hydroxyl groups is 1. The van der Waals surface area contributed by atoms with Gasteiger partial charge in [-0.1, -0.05) is 6.07 Å². The summed E-state index contributed by atoms with van der Waals surface area (Å²) in [7, 11) is 1.22. The van der Waals surface area contributed by atoms with Crippen LogP contribution in [0.4, 0.5) is 4.79 Å². The minimum absolute atomic E-state index is 0.0983. The van der Waals surface area contributed by atoms with Gasteiger partial charge in [0.1, 0.15) is 5.75 Å². The number of carbonyl (C=O) groups is 2. The molecule has 1 aliphatic rings. The predicted octanol–water partition coefficient (Wildman–Crippen LogP) is 1.14. The van der Waals surface area contributed by atoms with Gasteiger partial charge in [-0.15, -0.1) is 0 Å². The van der Waals surface area contributed by atoms with Crippen LogP contribution in [0.5, 0.6) is 5.75 Å². The first-order valence-corrected chi connectivity index (χ1v) is 5.43. The standard InChI is InChI=1S/C12H13NO5/c1-18-11(15)10-9-3-2-8(14)6-7(9)4-5-13(10)12(16)17/h2-3,6,10,14H,4-5H2,1H3,(H,16,17). The Morgan fingerprint density at radius 2 is 2.17 bits per heavy atom. The average Bonchev–Trinajstić information content (AvgIpc) is 2.35. The highest BCUT2D eigenvalue weighted by atomic mass is 16.5. The summed E-state index contributed by atoms with van der Waals surface area (Å²) in [5.41, 5.74) is 1.33. The third-order valence-electron chi connectivity index (χ3n) is 3.03. The van der Waals surface area contributed by atoms with E-state index in [-0.39, 0.29) is 12.3 Å². The Kier molecular flexibility index (Phi) is 3.10. The maximum atomic E-state index is 11.7. The van der Waals surface area contributed by atoms with Crippen LogP contribution in [0.1, 0.15) is 17.2 Å². The van der Waals surface area contributed by atoms with Gasteiger partial charge in [0.15, 0.2) is 6.04 Å². The van der Waals surface area contributed by atoms with Gasteiger partial charge in [0.25, 0.3) is 0 Å². The van der Waals surface area contributed by atoms with Gasteiger partial charge < -0.3 is 14.9 Å². The monoisotopic (exact) mass is 251 g/mol. The van der Waals surface area contributed by atoms with E-state index in [1.54, 1.807) is 12.1 Å². The molecule has 0 spiro atoms. The number of ether oxygens (including phenoxy) is 1. The van der Waals surface area contributed by atoms with Crippen molar-refractivity contribution in [1.29, 1.82) is 0 Å². The van der Waals surface area contributed by atoms with E-state index in [0.29, 0.717) is 12.0 Å². The number of amides is 1. The van der Waals surface area contributed by atoms with Crippen molar-refractivity contribution in [2.24, 2.45) is 0 Å². The van der Waals surface area contributed by atoms with Crippen LogP contribution in [0.25, 0.3) is 0 Å². The zero-order valence-corrected chi connectivity index (χ0v) is 9.79. The maximum Gasteiger partial charge on any atom is 0.408 e. The van der Waals surface area contributed by atoms with Crippen molar-refractivity contribution in [1.82, 2.24) is 4.90 Å². The van der Waals surface area contributed by atoms with Crippen LogP contribution in [0, 0.1) is 0 Å². The number of phenols is 1. The Labute approximate surface area is 103 Å². The number of esters is 1. The van der Waals surface area contributed by atoms with E-state index in [1.807, 2.05) is 0 Å². The lowest BCUT2D eigenvalue weighted by molar-refractivity contribution is -0.146. The van der Waals surface area contributed by atoms with Crippen LogP contribution in [0.2, 0.25) is 0 Å². The molecule has 0 bridgehead atoms. The number of carbonyl (C=O) groups excluding carboxylic acids is 1. The summed E-state index contributed by atoms with van der Waals surface area (Å²) in [4.78, 5) is 23.9. The van der Waals surface area contributed by atoms with Crippen molar-refractivity contribution in [3.8, 4) is 5.75 Å². The summed E-state index contributed by atoms with van der Waals surface area (Å²) in [5.74, 6) is -0.523. The van der Waals surface area contributed by atoms with Crippen molar-refractivity contribution in [2.75, 3.05) is 13.7 Å². The van der Waals surface area contributed by atoms with Gasteiger partial charge in [0.05, 0.1) is 7.11 Å². The minimum atomic E-state index is -1.16. The SMILES string of the molecule is COC(=O)C1c2ccc(O)cc2CCN1C(=O)O. The van der Waals surface area contributed by atoms with E-state index >= 15 is 0 Å². The van der Waals surface area contributed by atoms with E-state index in [9.17, 15) is 14.7 Å². The number of phenolic OH excluding ortho intramolecular Hbond substituents is 1. The van der Waals surface area contributed by atoms with Gasteiger partial charge in [-0.3, -0.25) is 4.90 Å². The van der Waals surface area contributed by atoms with Gasteiger partial charge in [-0.2, -0.15) is 0 Å². The average molecular weight is 251 g/mol. The van der Waals surface area contributed by atoms with Gasteiger partial charge in [-0.05, 0) is 29.7 Å². The van der Waals surface area contributed by atoms with Crippen LogP contribution >= 0.6 is 0 Å². The molecule has 1 aliphatic heterocycles. The fourth-order valence-corrected chi connectivity index (χ4v) is 2.19. The molecule has 6 nitrogen and oxygen atoms in total. The summed E-state index contributed by atoms with van der Waals surface area (Å²) >= 11 is 0. The smallest absolute Gasteiger partial charge is 0.408 e. The highest BCUT2D eigenvalue weighted by molar-refractivity contribution is 5.83. The molecule has 2 rings (SSSR count). The topological polar surface area (TPSA) is 87.1 Å². The summed E-state index contributed by atoms with van der Waals surface area (Å²) < 4.78 is 4.65. The zero-order chi connectivity index (χ0) is 13.3. The number of benzene rings is 1. The molecule has 1 heterocycles. The van der Waals surface area contributed by atoms with Gasteiger partial charge in [0.2, 0.25) is 0 Å². The number of hydrogen-bond donors (Lipinski definition) is 2. The Morgan fingerprint density at radius 3 is 2.78 bits per heavy atom. The number of rotatable bonds is 1. The maximum absolute atomic E-state index is 11.7. The van der Waals surface area contributed by atoms with E-state index < -0.39 is 18.1 Å². The van der Waals surface area contributed by atoms with Crippen LogP contribution in [-0.2, 0) is 16.0 Å². The first-order valence-electron chi connectivity index (χ1n) is 5.43. The molecule has 1 amide bonds. The molecular formula is C12H13NO5. The number of fused-ring (bicyclic) bond motifs is 1. The molecule has 0 aliphatic carbocycles. The van der Waals surface area contributed by atoms with Crippen molar-refractivity contribution >= 4 is 12.1 Å².